The number of aromatic nitrogens is 2. The molecule has 0 spiro atoms. The standard InChI is InChI=1S/C16H25N3O3/c1-4-19-10-13(14(18-19)16(21)22-11(2)3)17-15(20)12-8-6-5-7-9-12/h10-12H,4-9H2,1-3H3,(H,17,20). The molecule has 0 unspecified atom stereocenters. The third-order valence-electron chi connectivity index (χ3n) is 3.86. The SMILES string of the molecule is CCn1cc(NC(=O)C2CCCCC2)c(C(=O)OC(C)C)n1. The van der Waals surface area contributed by atoms with Gasteiger partial charge in [0.25, 0.3) is 0 Å². The lowest BCUT2D eigenvalue weighted by Crippen LogP contribution is -2.25. The molecule has 1 saturated carbocycles. The summed E-state index contributed by atoms with van der Waals surface area (Å²) in [6, 6.07) is 0. The maximum absolute atomic E-state index is 12.4. The molecular weight excluding hydrogens is 282 g/mol. The van der Waals surface area contributed by atoms with Gasteiger partial charge >= 0.3 is 5.97 Å². The first-order valence-electron chi connectivity index (χ1n) is 8.10. The van der Waals surface area contributed by atoms with Crippen molar-refractivity contribution >= 4 is 17.6 Å². The number of carbonyl (C=O) groups excluding carboxylic acids is 2. The van der Waals surface area contributed by atoms with E-state index in [1.807, 2.05) is 6.92 Å². The lowest BCUT2D eigenvalue weighted by molar-refractivity contribution is -0.120. The second-order valence-corrected chi connectivity index (χ2v) is 6.03. The molecule has 0 aliphatic heterocycles. The molecule has 0 bridgehead atoms. The summed E-state index contributed by atoms with van der Waals surface area (Å²) in [5, 5.41) is 7.07. The van der Waals surface area contributed by atoms with Gasteiger partial charge in [-0.05, 0) is 33.6 Å². The average molecular weight is 307 g/mol. The van der Waals surface area contributed by atoms with Crippen LogP contribution < -0.4 is 5.32 Å². The predicted octanol–water partition coefficient (Wildman–Crippen LogP) is 2.99. The molecule has 0 atom stereocenters. The van der Waals surface area contributed by atoms with E-state index in [9.17, 15) is 9.59 Å². The summed E-state index contributed by atoms with van der Waals surface area (Å²) in [5.74, 6) is -0.484. The highest BCUT2D eigenvalue weighted by molar-refractivity contribution is 6.00. The van der Waals surface area contributed by atoms with Crippen molar-refractivity contribution < 1.29 is 14.3 Å². The number of aryl methyl sites for hydroxylation is 1. The molecule has 6 nitrogen and oxygen atoms in total. The van der Waals surface area contributed by atoms with Crippen LogP contribution in [-0.2, 0) is 16.1 Å². The Morgan fingerprint density at radius 1 is 1.36 bits per heavy atom. The van der Waals surface area contributed by atoms with Crippen molar-refractivity contribution in [2.45, 2.75) is 65.5 Å². The van der Waals surface area contributed by atoms with Crippen LogP contribution in [0.5, 0.6) is 0 Å². The van der Waals surface area contributed by atoms with Crippen molar-refractivity contribution in [1.82, 2.24) is 9.78 Å². The average Bonchev–Trinajstić information content (AvgIpc) is 2.90. The van der Waals surface area contributed by atoms with Crippen molar-refractivity contribution in [3.8, 4) is 0 Å². The van der Waals surface area contributed by atoms with E-state index in [-0.39, 0.29) is 23.6 Å². The van der Waals surface area contributed by atoms with Gasteiger partial charge in [0.05, 0.1) is 11.8 Å². The van der Waals surface area contributed by atoms with E-state index in [0.717, 1.165) is 25.7 Å². The molecule has 1 N–H and O–H groups in total. The number of ether oxygens (including phenoxy) is 1. The van der Waals surface area contributed by atoms with E-state index in [2.05, 4.69) is 10.4 Å². The predicted molar refractivity (Wildman–Crippen MR) is 83.7 cm³/mol. The minimum Gasteiger partial charge on any atom is -0.458 e. The van der Waals surface area contributed by atoms with Gasteiger partial charge in [-0.15, -0.1) is 0 Å². The Morgan fingerprint density at radius 3 is 2.64 bits per heavy atom. The van der Waals surface area contributed by atoms with Crippen LogP contribution in [-0.4, -0.2) is 27.8 Å². The van der Waals surface area contributed by atoms with Crippen LogP contribution in [0.4, 0.5) is 5.69 Å². The first-order chi connectivity index (χ1) is 10.5. The number of nitrogens with zero attached hydrogens (tertiary/aromatic N) is 2. The minimum absolute atomic E-state index is 0.0195. The van der Waals surface area contributed by atoms with Gasteiger partial charge in [-0.3, -0.25) is 9.48 Å². The zero-order valence-electron chi connectivity index (χ0n) is 13.6. The second-order valence-electron chi connectivity index (χ2n) is 6.03. The monoisotopic (exact) mass is 307 g/mol. The van der Waals surface area contributed by atoms with Gasteiger partial charge in [-0.1, -0.05) is 19.3 Å². The molecule has 22 heavy (non-hydrogen) atoms. The van der Waals surface area contributed by atoms with Crippen LogP contribution in [0.25, 0.3) is 0 Å². The Balaban J connectivity index is 2.13. The molecule has 122 valence electrons. The highest BCUT2D eigenvalue weighted by Crippen LogP contribution is 2.26. The Hall–Kier alpha value is -1.85. The van der Waals surface area contributed by atoms with Gasteiger partial charge in [0, 0.05) is 18.7 Å². The zero-order valence-corrected chi connectivity index (χ0v) is 13.6. The van der Waals surface area contributed by atoms with Gasteiger partial charge in [0.15, 0.2) is 5.69 Å². The second kappa shape index (κ2) is 7.42. The van der Waals surface area contributed by atoms with Gasteiger partial charge in [-0.25, -0.2) is 4.79 Å². The molecule has 1 amide bonds. The van der Waals surface area contributed by atoms with Crippen LogP contribution in [0.2, 0.25) is 0 Å². The highest BCUT2D eigenvalue weighted by atomic mass is 16.5. The quantitative estimate of drug-likeness (QED) is 0.849. The number of carbonyl (C=O) groups is 2. The molecule has 0 aromatic carbocycles. The van der Waals surface area contributed by atoms with E-state index in [4.69, 9.17) is 4.74 Å². The number of anilines is 1. The van der Waals surface area contributed by atoms with Gasteiger partial charge < -0.3 is 10.1 Å². The molecule has 1 fully saturated rings. The van der Waals surface area contributed by atoms with Crippen LogP contribution >= 0.6 is 0 Å². The topological polar surface area (TPSA) is 73.2 Å². The van der Waals surface area contributed by atoms with E-state index in [1.54, 1.807) is 24.7 Å². The summed E-state index contributed by atoms with van der Waals surface area (Å²) in [6.45, 7) is 6.13. The number of esters is 1. The number of rotatable bonds is 5. The molecule has 0 saturated heterocycles. The third-order valence-corrected chi connectivity index (χ3v) is 3.86. The number of amides is 1. The van der Waals surface area contributed by atoms with Crippen molar-refractivity contribution in [3.63, 3.8) is 0 Å². The molecular formula is C16H25N3O3. The normalized spacial score (nSPS) is 15.8. The van der Waals surface area contributed by atoms with E-state index >= 15 is 0 Å². The largest absolute Gasteiger partial charge is 0.458 e. The Morgan fingerprint density at radius 2 is 2.05 bits per heavy atom. The number of nitrogens with one attached hydrogen (secondary N) is 1. The van der Waals surface area contributed by atoms with E-state index < -0.39 is 5.97 Å². The molecule has 1 aromatic heterocycles. The van der Waals surface area contributed by atoms with Crippen LogP contribution in [0.3, 0.4) is 0 Å². The molecule has 1 aliphatic rings. The fourth-order valence-corrected chi connectivity index (χ4v) is 2.70. The van der Waals surface area contributed by atoms with Crippen LogP contribution in [0.1, 0.15) is 63.4 Å². The summed E-state index contributed by atoms with van der Waals surface area (Å²) in [7, 11) is 0. The van der Waals surface area contributed by atoms with E-state index in [1.165, 1.54) is 6.42 Å². The minimum atomic E-state index is -0.499. The lowest BCUT2D eigenvalue weighted by atomic mass is 9.88. The van der Waals surface area contributed by atoms with Gasteiger partial charge in [0.1, 0.15) is 0 Å². The van der Waals surface area contributed by atoms with E-state index in [0.29, 0.717) is 12.2 Å². The summed E-state index contributed by atoms with van der Waals surface area (Å²) in [4.78, 5) is 24.5. The Labute approximate surface area is 131 Å². The summed E-state index contributed by atoms with van der Waals surface area (Å²) in [6.07, 6.45) is 6.68. The summed E-state index contributed by atoms with van der Waals surface area (Å²) < 4.78 is 6.83. The smallest absolute Gasteiger partial charge is 0.361 e. The molecule has 1 aromatic rings. The molecule has 1 heterocycles. The van der Waals surface area contributed by atoms with Crippen molar-refractivity contribution in [3.05, 3.63) is 11.9 Å². The zero-order chi connectivity index (χ0) is 16.1. The highest BCUT2D eigenvalue weighted by Gasteiger charge is 2.25. The third kappa shape index (κ3) is 4.08. The molecule has 0 radical (unpaired) electrons. The Bertz CT molecular complexity index is 531. The lowest BCUT2D eigenvalue weighted by Gasteiger charge is -2.20. The first kappa shape index (κ1) is 16.5. The van der Waals surface area contributed by atoms with Crippen LogP contribution in [0.15, 0.2) is 6.20 Å². The van der Waals surface area contributed by atoms with Gasteiger partial charge in [0.2, 0.25) is 5.91 Å². The first-order valence-corrected chi connectivity index (χ1v) is 8.10. The fourth-order valence-electron chi connectivity index (χ4n) is 2.70. The number of hydrogen-bond acceptors (Lipinski definition) is 4. The van der Waals surface area contributed by atoms with Crippen molar-refractivity contribution in [1.29, 1.82) is 0 Å². The molecule has 1 aliphatic carbocycles. The maximum Gasteiger partial charge on any atom is 0.361 e. The summed E-state index contributed by atoms with van der Waals surface area (Å²) in [5.41, 5.74) is 0.628. The van der Waals surface area contributed by atoms with Crippen LogP contribution in [0, 0.1) is 5.92 Å². The summed E-state index contributed by atoms with van der Waals surface area (Å²) >= 11 is 0. The van der Waals surface area contributed by atoms with Crippen molar-refractivity contribution in [2.24, 2.45) is 5.92 Å². The maximum atomic E-state index is 12.4. The fraction of sp³-hybridized carbons (Fsp3) is 0.688. The van der Waals surface area contributed by atoms with Crippen molar-refractivity contribution in [2.75, 3.05) is 5.32 Å². The molecule has 6 heteroatoms. The Kier molecular flexibility index (Phi) is 5.57. The number of hydrogen-bond donors (Lipinski definition) is 1. The van der Waals surface area contributed by atoms with Gasteiger partial charge in [-0.2, -0.15) is 5.10 Å². The molecule has 2 rings (SSSR count).